The molecule has 0 spiro atoms. The molecule has 1 aromatic carbocycles. The number of nitrogens with zero attached hydrogens (tertiary/aromatic N) is 1. The molecule has 1 amide bonds. The number of carbonyl (C=O) groups is 1. The Bertz CT molecular complexity index is 748. The highest BCUT2D eigenvalue weighted by Gasteiger charge is 2.08. The van der Waals surface area contributed by atoms with Crippen molar-refractivity contribution in [1.82, 2.24) is 9.97 Å². The number of thioether (sulfide) groups is 2. The number of amides is 1. The third-order valence-corrected chi connectivity index (χ3v) is 5.06. The van der Waals surface area contributed by atoms with Gasteiger partial charge in [-0.15, -0.1) is 0 Å². The minimum absolute atomic E-state index is 0.159. The summed E-state index contributed by atoms with van der Waals surface area (Å²) in [6.45, 7) is 4.18. The summed E-state index contributed by atoms with van der Waals surface area (Å²) in [5.41, 5.74) is 1.19. The highest BCUT2D eigenvalue weighted by Crippen LogP contribution is 2.18. The van der Waals surface area contributed by atoms with E-state index in [0.29, 0.717) is 26.9 Å². The van der Waals surface area contributed by atoms with Crippen LogP contribution in [-0.2, 0) is 10.5 Å². The average Bonchev–Trinajstić information content (AvgIpc) is 2.53. The monoisotopic (exact) mass is 383 g/mol. The molecule has 8 heteroatoms. The fourth-order valence-corrected chi connectivity index (χ4v) is 3.21. The normalized spacial score (nSPS) is 10.8. The predicted molar refractivity (Wildman–Crippen MR) is 102 cm³/mol. The highest BCUT2D eigenvalue weighted by atomic mass is 35.5. The van der Waals surface area contributed by atoms with Crippen LogP contribution >= 0.6 is 35.1 Å². The Morgan fingerprint density at radius 1 is 1.33 bits per heavy atom. The Kier molecular flexibility index (Phi) is 7.20. The van der Waals surface area contributed by atoms with E-state index in [0.717, 1.165) is 5.69 Å². The van der Waals surface area contributed by atoms with Crippen molar-refractivity contribution in [3.05, 3.63) is 51.4 Å². The fraction of sp³-hybridized carbons (Fsp3) is 0.312. The molecule has 2 N–H and O–H groups in total. The summed E-state index contributed by atoms with van der Waals surface area (Å²) in [5.74, 6) is 0.658. The van der Waals surface area contributed by atoms with Crippen LogP contribution in [0.2, 0.25) is 5.02 Å². The molecule has 24 heavy (non-hydrogen) atoms. The number of rotatable bonds is 7. The third kappa shape index (κ3) is 6.59. The number of halogens is 1. The number of hydrogen-bond acceptors (Lipinski definition) is 5. The van der Waals surface area contributed by atoms with Crippen LogP contribution in [0.15, 0.2) is 40.3 Å². The van der Waals surface area contributed by atoms with Crippen LogP contribution in [0.25, 0.3) is 0 Å². The third-order valence-electron chi connectivity index (χ3n) is 2.81. The summed E-state index contributed by atoms with van der Waals surface area (Å²) in [5, 5.41) is 4.29. The molecule has 0 fully saturated rings. The zero-order valence-electron chi connectivity index (χ0n) is 13.3. The van der Waals surface area contributed by atoms with E-state index in [-0.39, 0.29) is 17.2 Å². The lowest BCUT2D eigenvalue weighted by atomic mass is 10.3. The van der Waals surface area contributed by atoms with Gasteiger partial charge in [0.15, 0.2) is 5.16 Å². The number of carbonyl (C=O) groups excluding carboxylic acids is 1. The molecule has 0 aliphatic heterocycles. The lowest BCUT2D eigenvalue weighted by molar-refractivity contribution is -0.113. The lowest BCUT2D eigenvalue weighted by Gasteiger charge is -2.07. The van der Waals surface area contributed by atoms with E-state index in [4.69, 9.17) is 11.6 Å². The van der Waals surface area contributed by atoms with Gasteiger partial charge < -0.3 is 10.3 Å². The number of aromatic amines is 1. The van der Waals surface area contributed by atoms with Gasteiger partial charge in [-0.05, 0) is 29.5 Å². The summed E-state index contributed by atoms with van der Waals surface area (Å²) in [7, 11) is 0. The summed E-state index contributed by atoms with van der Waals surface area (Å²) in [6, 6.07) is 8.37. The van der Waals surface area contributed by atoms with E-state index in [9.17, 15) is 9.59 Å². The van der Waals surface area contributed by atoms with Gasteiger partial charge in [0.25, 0.3) is 5.56 Å². The van der Waals surface area contributed by atoms with E-state index in [1.165, 1.54) is 17.8 Å². The number of aromatic nitrogens is 2. The van der Waals surface area contributed by atoms with Crippen LogP contribution in [0.3, 0.4) is 0 Å². The van der Waals surface area contributed by atoms with Gasteiger partial charge in [0, 0.05) is 22.5 Å². The molecule has 2 aromatic rings. The van der Waals surface area contributed by atoms with Gasteiger partial charge in [-0.3, -0.25) is 9.59 Å². The molecule has 0 radical (unpaired) electrons. The number of H-pyrrole nitrogens is 1. The SMILES string of the molecule is CC(C)SCc1cc(=O)[nH]c(SCC(=O)Nc2ccc(Cl)cc2)n1. The Balaban J connectivity index is 1.92. The number of anilines is 1. The largest absolute Gasteiger partial charge is 0.325 e. The summed E-state index contributed by atoms with van der Waals surface area (Å²) in [4.78, 5) is 30.7. The fourth-order valence-electron chi connectivity index (χ4n) is 1.74. The first-order valence-electron chi connectivity index (χ1n) is 7.32. The quantitative estimate of drug-likeness (QED) is 0.562. The van der Waals surface area contributed by atoms with Gasteiger partial charge >= 0.3 is 0 Å². The number of nitrogens with one attached hydrogen (secondary N) is 2. The van der Waals surface area contributed by atoms with Crippen molar-refractivity contribution in [3.63, 3.8) is 0 Å². The van der Waals surface area contributed by atoms with Gasteiger partial charge in [-0.2, -0.15) is 11.8 Å². The van der Waals surface area contributed by atoms with E-state index in [1.54, 1.807) is 36.0 Å². The van der Waals surface area contributed by atoms with Crippen LogP contribution < -0.4 is 10.9 Å². The Morgan fingerprint density at radius 3 is 2.71 bits per heavy atom. The second-order valence-electron chi connectivity index (χ2n) is 5.25. The lowest BCUT2D eigenvalue weighted by Crippen LogP contribution is -2.15. The van der Waals surface area contributed by atoms with Gasteiger partial charge in [-0.25, -0.2) is 4.98 Å². The summed E-state index contributed by atoms with van der Waals surface area (Å²) < 4.78 is 0. The Morgan fingerprint density at radius 2 is 2.04 bits per heavy atom. The molecule has 0 bridgehead atoms. The van der Waals surface area contributed by atoms with Gasteiger partial charge in [-0.1, -0.05) is 37.2 Å². The molecule has 5 nitrogen and oxygen atoms in total. The second kappa shape index (κ2) is 9.15. The number of hydrogen-bond donors (Lipinski definition) is 2. The molecule has 0 saturated heterocycles. The molecule has 0 atom stereocenters. The van der Waals surface area contributed by atoms with Crippen LogP contribution in [0, 0.1) is 0 Å². The maximum atomic E-state index is 12.0. The molecule has 0 aliphatic rings. The molecule has 0 unspecified atom stereocenters. The van der Waals surface area contributed by atoms with Crippen molar-refractivity contribution in [2.45, 2.75) is 30.0 Å². The molecular formula is C16H18ClN3O2S2. The minimum Gasteiger partial charge on any atom is -0.325 e. The zero-order valence-corrected chi connectivity index (χ0v) is 15.7. The van der Waals surface area contributed by atoms with Crippen molar-refractivity contribution in [2.24, 2.45) is 0 Å². The van der Waals surface area contributed by atoms with Gasteiger partial charge in [0.05, 0.1) is 11.4 Å². The standard InChI is InChI=1S/C16H18ClN3O2S2/c1-10(2)23-8-13-7-14(21)20-16(19-13)24-9-15(22)18-12-5-3-11(17)4-6-12/h3-7,10H,8-9H2,1-2H3,(H,18,22)(H,19,20,21). The topological polar surface area (TPSA) is 74.8 Å². The first kappa shape index (κ1) is 18.9. The van der Waals surface area contributed by atoms with Crippen molar-refractivity contribution >= 4 is 46.7 Å². The maximum absolute atomic E-state index is 12.0. The molecule has 1 heterocycles. The Hall–Kier alpha value is -1.44. The van der Waals surface area contributed by atoms with E-state index in [1.807, 2.05) is 0 Å². The van der Waals surface area contributed by atoms with Gasteiger partial charge in [0.2, 0.25) is 5.91 Å². The van der Waals surface area contributed by atoms with E-state index in [2.05, 4.69) is 29.1 Å². The highest BCUT2D eigenvalue weighted by molar-refractivity contribution is 7.99. The van der Waals surface area contributed by atoms with Crippen LogP contribution in [-0.4, -0.2) is 26.9 Å². The molecule has 1 aromatic heterocycles. The second-order valence-corrected chi connectivity index (χ2v) is 8.21. The van der Waals surface area contributed by atoms with Crippen LogP contribution in [0.4, 0.5) is 5.69 Å². The van der Waals surface area contributed by atoms with Crippen LogP contribution in [0.5, 0.6) is 0 Å². The van der Waals surface area contributed by atoms with Crippen molar-refractivity contribution in [2.75, 3.05) is 11.1 Å². The first-order chi connectivity index (χ1) is 11.4. The summed E-state index contributed by atoms with van der Waals surface area (Å²) in [6.07, 6.45) is 0. The molecule has 128 valence electrons. The zero-order chi connectivity index (χ0) is 17.5. The van der Waals surface area contributed by atoms with Gasteiger partial charge in [0.1, 0.15) is 0 Å². The van der Waals surface area contributed by atoms with Crippen molar-refractivity contribution in [1.29, 1.82) is 0 Å². The molecule has 0 saturated carbocycles. The van der Waals surface area contributed by atoms with Crippen molar-refractivity contribution in [3.8, 4) is 0 Å². The molecule has 2 rings (SSSR count). The smallest absolute Gasteiger partial charge is 0.251 e. The Labute approximate surface area is 154 Å². The molecule has 0 aliphatic carbocycles. The predicted octanol–water partition coefficient (Wildman–Crippen LogP) is 3.80. The summed E-state index contributed by atoms with van der Waals surface area (Å²) >= 11 is 8.72. The van der Waals surface area contributed by atoms with E-state index >= 15 is 0 Å². The maximum Gasteiger partial charge on any atom is 0.251 e. The van der Waals surface area contributed by atoms with Crippen LogP contribution in [0.1, 0.15) is 19.5 Å². The number of benzene rings is 1. The average molecular weight is 384 g/mol. The minimum atomic E-state index is -0.204. The molecular weight excluding hydrogens is 366 g/mol. The van der Waals surface area contributed by atoms with Crippen molar-refractivity contribution < 1.29 is 4.79 Å². The van der Waals surface area contributed by atoms with E-state index < -0.39 is 0 Å². The first-order valence-corrected chi connectivity index (χ1v) is 9.73.